The van der Waals surface area contributed by atoms with Crippen molar-refractivity contribution in [1.29, 1.82) is 0 Å². The van der Waals surface area contributed by atoms with Crippen LogP contribution in [0, 0.1) is 16.2 Å². The number of rotatable bonds is 3. The summed E-state index contributed by atoms with van der Waals surface area (Å²) in [5.74, 6) is -0.349. The van der Waals surface area contributed by atoms with Gasteiger partial charge in [-0.25, -0.2) is 4.79 Å². The molecule has 0 heterocycles. The van der Waals surface area contributed by atoms with Gasteiger partial charge in [0.25, 0.3) is 0 Å². The second-order valence-electron chi connectivity index (χ2n) is 8.22. The number of hydrogen-bond donors (Lipinski definition) is 1. The highest BCUT2D eigenvalue weighted by atomic mass is 16.5. The van der Waals surface area contributed by atoms with Crippen molar-refractivity contribution in [3.05, 3.63) is 12.7 Å². The zero-order valence-corrected chi connectivity index (χ0v) is 12.0. The fourth-order valence-corrected chi connectivity index (χ4v) is 6.31. The van der Waals surface area contributed by atoms with Crippen molar-refractivity contribution in [3.8, 4) is 0 Å². The third-order valence-electron chi connectivity index (χ3n) is 5.36. The first-order chi connectivity index (χ1) is 8.70. The normalized spacial score (nSPS) is 51.1. The van der Waals surface area contributed by atoms with E-state index >= 15 is 0 Å². The molecule has 106 valence electrons. The van der Waals surface area contributed by atoms with Gasteiger partial charge < -0.3 is 9.84 Å². The molecule has 3 nitrogen and oxygen atoms in total. The van der Waals surface area contributed by atoms with Crippen LogP contribution >= 0.6 is 0 Å². The molecule has 0 aliphatic heterocycles. The zero-order valence-electron chi connectivity index (χ0n) is 12.0. The molecule has 3 heteroatoms. The Bertz CT molecular complexity index is 386. The minimum absolute atomic E-state index is 0.0222. The van der Waals surface area contributed by atoms with Gasteiger partial charge in [-0.1, -0.05) is 20.4 Å². The average molecular weight is 264 g/mol. The molecule has 0 aromatic rings. The van der Waals surface area contributed by atoms with E-state index in [0.29, 0.717) is 6.61 Å². The fraction of sp³-hybridized carbons (Fsp3) is 0.812. The molecule has 4 aliphatic carbocycles. The lowest BCUT2D eigenvalue weighted by Gasteiger charge is -2.67. The highest BCUT2D eigenvalue weighted by Gasteiger charge is 2.65. The van der Waals surface area contributed by atoms with Crippen LogP contribution in [0.3, 0.4) is 0 Å². The summed E-state index contributed by atoms with van der Waals surface area (Å²) < 4.78 is 5.34. The van der Waals surface area contributed by atoms with E-state index in [2.05, 4.69) is 20.4 Å². The van der Waals surface area contributed by atoms with E-state index in [1.54, 1.807) is 0 Å². The lowest BCUT2D eigenvalue weighted by atomic mass is 9.39. The van der Waals surface area contributed by atoms with Gasteiger partial charge in [0, 0.05) is 11.5 Å². The molecule has 2 unspecified atom stereocenters. The van der Waals surface area contributed by atoms with Crippen LogP contribution in [0.2, 0.25) is 0 Å². The Morgan fingerprint density at radius 1 is 1.16 bits per heavy atom. The molecule has 0 spiro atoms. The smallest absolute Gasteiger partial charge is 0.330 e. The molecule has 0 aromatic carbocycles. The summed E-state index contributed by atoms with van der Waals surface area (Å²) in [6.07, 6.45) is 7.16. The summed E-state index contributed by atoms with van der Waals surface area (Å²) in [7, 11) is 0. The first kappa shape index (κ1) is 13.2. The lowest BCUT2D eigenvalue weighted by molar-refractivity contribution is -0.235. The van der Waals surface area contributed by atoms with Gasteiger partial charge in [-0.2, -0.15) is 0 Å². The lowest BCUT2D eigenvalue weighted by Crippen LogP contribution is -2.63. The van der Waals surface area contributed by atoms with E-state index in [1.165, 1.54) is 12.5 Å². The molecule has 19 heavy (non-hydrogen) atoms. The summed E-state index contributed by atoms with van der Waals surface area (Å²) in [6, 6.07) is 0. The highest BCUT2D eigenvalue weighted by molar-refractivity contribution is 5.81. The summed E-state index contributed by atoms with van der Waals surface area (Å²) in [4.78, 5) is 11.3. The van der Waals surface area contributed by atoms with E-state index in [9.17, 15) is 9.90 Å². The van der Waals surface area contributed by atoms with E-state index < -0.39 is 5.60 Å². The van der Waals surface area contributed by atoms with E-state index in [-0.39, 0.29) is 22.2 Å². The molecular formula is C16H24O3. The van der Waals surface area contributed by atoms with Gasteiger partial charge in [0.05, 0.1) is 12.2 Å². The van der Waals surface area contributed by atoms with Gasteiger partial charge in [-0.15, -0.1) is 0 Å². The SMILES string of the molecule is C=CC(=O)OCC12CC3(C)CC(C)(CC(O)(C3)C1)C2. The second kappa shape index (κ2) is 3.63. The Labute approximate surface area is 115 Å². The number of ether oxygens (including phenoxy) is 1. The molecule has 0 radical (unpaired) electrons. The van der Waals surface area contributed by atoms with Crippen LogP contribution in [0.5, 0.6) is 0 Å². The van der Waals surface area contributed by atoms with Gasteiger partial charge in [0.1, 0.15) is 0 Å². The molecule has 4 rings (SSSR count). The van der Waals surface area contributed by atoms with Crippen molar-refractivity contribution in [2.75, 3.05) is 6.61 Å². The van der Waals surface area contributed by atoms with Crippen molar-refractivity contribution >= 4 is 5.97 Å². The van der Waals surface area contributed by atoms with Crippen LogP contribution in [-0.4, -0.2) is 23.3 Å². The number of carbonyl (C=O) groups is 1. The van der Waals surface area contributed by atoms with Crippen LogP contribution in [0.1, 0.15) is 52.4 Å². The average Bonchev–Trinajstić information content (AvgIpc) is 2.19. The molecule has 4 fully saturated rings. The van der Waals surface area contributed by atoms with Gasteiger partial charge in [0.2, 0.25) is 0 Å². The third-order valence-corrected chi connectivity index (χ3v) is 5.36. The largest absolute Gasteiger partial charge is 0.462 e. The molecule has 0 aromatic heterocycles. The first-order valence-corrected chi connectivity index (χ1v) is 7.21. The van der Waals surface area contributed by atoms with Crippen molar-refractivity contribution in [1.82, 2.24) is 0 Å². The highest BCUT2D eigenvalue weighted by Crippen LogP contribution is 2.70. The summed E-state index contributed by atoms with van der Waals surface area (Å²) in [5.41, 5.74) is -0.151. The number of aliphatic hydroxyl groups is 1. The number of esters is 1. The molecule has 1 N–H and O–H groups in total. The van der Waals surface area contributed by atoms with Crippen LogP contribution in [-0.2, 0) is 9.53 Å². The van der Waals surface area contributed by atoms with Crippen molar-refractivity contribution < 1.29 is 14.6 Å². The maximum atomic E-state index is 11.3. The summed E-state index contributed by atoms with van der Waals surface area (Å²) in [6.45, 7) is 8.46. The Hall–Kier alpha value is -0.830. The maximum Gasteiger partial charge on any atom is 0.330 e. The van der Waals surface area contributed by atoms with Crippen molar-refractivity contribution in [2.24, 2.45) is 16.2 Å². The van der Waals surface area contributed by atoms with Crippen LogP contribution in [0.4, 0.5) is 0 Å². The molecule has 2 atom stereocenters. The predicted molar refractivity (Wildman–Crippen MR) is 72.5 cm³/mol. The van der Waals surface area contributed by atoms with E-state index in [0.717, 1.165) is 32.1 Å². The quantitative estimate of drug-likeness (QED) is 0.630. The zero-order chi connectivity index (χ0) is 13.9. The summed E-state index contributed by atoms with van der Waals surface area (Å²) in [5, 5.41) is 10.9. The van der Waals surface area contributed by atoms with Crippen LogP contribution in [0.25, 0.3) is 0 Å². The first-order valence-electron chi connectivity index (χ1n) is 7.21. The van der Waals surface area contributed by atoms with Gasteiger partial charge in [0.15, 0.2) is 0 Å². The third kappa shape index (κ3) is 2.12. The van der Waals surface area contributed by atoms with Gasteiger partial charge in [-0.05, 0) is 49.4 Å². The monoisotopic (exact) mass is 264 g/mol. The molecule has 0 saturated heterocycles. The Balaban J connectivity index is 1.86. The number of carbonyl (C=O) groups excluding carboxylic acids is 1. The van der Waals surface area contributed by atoms with Crippen molar-refractivity contribution in [3.63, 3.8) is 0 Å². The summed E-state index contributed by atoms with van der Waals surface area (Å²) >= 11 is 0. The molecule has 4 bridgehead atoms. The van der Waals surface area contributed by atoms with Crippen molar-refractivity contribution in [2.45, 2.75) is 58.0 Å². The molecule has 4 aliphatic rings. The Morgan fingerprint density at radius 3 is 2.21 bits per heavy atom. The molecule has 4 saturated carbocycles. The van der Waals surface area contributed by atoms with Gasteiger partial charge >= 0.3 is 5.97 Å². The Kier molecular flexibility index (Phi) is 2.52. The minimum Gasteiger partial charge on any atom is -0.462 e. The van der Waals surface area contributed by atoms with E-state index in [4.69, 9.17) is 4.74 Å². The number of hydrogen-bond acceptors (Lipinski definition) is 3. The van der Waals surface area contributed by atoms with Gasteiger partial charge in [-0.3, -0.25) is 0 Å². The molecular weight excluding hydrogens is 240 g/mol. The van der Waals surface area contributed by atoms with Crippen LogP contribution < -0.4 is 0 Å². The Morgan fingerprint density at radius 2 is 1.74 bits per heavy atom. The fourth-order valence-electron chi connectivity index (χ4n) is 6.31. The maximum absolute atomic E-state index is 11.3. The van der Waals surface area contributed by atoms with Crippen LogP contribution in [0.15, 0.2) is 12.7 Å². The predicted octanol–water partition coefficient (Wildman–Crippen LogP) is 2.83. The standard InChI is InChI=1S/C16H24O3/c1-4-12(17)19-11-15-6-13(2)5-14(3,7-15)9-16(18,8-13)10-15/h4,18H,1,5-11H2,2-3H3. The topological polar surface area (TPSA) is 46.5 Å². The minimum atomic E-state index is -0.543. The second-order valence-corrected chi connectivity index (χ2v) is 8.22. The molecule has 0 amide bonds. The van der Waals surface area contributed by atoms with E-state index in [1.807, 2.05) is 0 Å².